The molecule has 0 saturated heterocycles. The lowest BCUT2D eigenvalue weighted by molar-refractivity contribution is -0.139. The first-order valence-corrected chi connectivity index (χ1v) is 13.2. The molecule has 2 rings (SSSR count). The quantitative estimate of drug-likeness (QED) is 0.505. The van der Waals surface area contributed by atoms with Crippen LogP contribution in [0.2, 0.25) is 5.02 Å². The van der Waals surface area contributed by atoms with E-state index in [0.717, 1.165) is 29.5 Å². The predicted molar refractivity (Wildman–Crippen MR) is 133 cm³/mol. The highest BCUT2D eigenvalue weighted by Gasteiger charge is 2.34. The summed E-state index contributed by atoms with van der Waals surface area (Å²) in [6.45, 7) is 5.94. The fraction of sp³-hybridized carbons (Fsp3) is 0.417. The first-order chi connectivity index (χ1) is 16.5. The Morgan fingerprint density at radius 2 is 1.69 bits per heavy atom. The summed E-state index contributed by atoms with van der Waals surface area (Å²) in [6, 6.07) is 8.16. The molecule has 0 spiro atoms. The van der Waals surface area contributed by atoms with E-state index in [1.54, 1.807) is 32.0 Å². The van der Waals surface area contributed by atoms with Crippen LogP contribution < -0.4 is 9.62 Å². The minimum absolute atomic E-state index is 0.0217. The molecular formula is C24H29ClF3N3O4S. The van der Waals surface area contributed by atoms with Crippen LogP contribution in [0.3, 0.4) is 0 Å². The molecule has 7 nitrogen and oxygen atoms in total. The van der Waals surface area contributed by atoms with Crippen molar-refractivity contribution in [3.05, 3.63) is 64.2 Å². The van der Waals surface area contributed by atoms with Crippen molar-refractivity contribution in [1.29, 1.82) is 0 Å². The van der Waals surface area contributed by atoms with Gasteiger partial charge in [0.1, 0.15) is 12.6 Å². The van der Waals surface area contributed by atoms with Crippen LogP contribution in [0, 0.1) is 6.92 Å². The summed E-state index contributed by atoms with van der Waals surface area (Å²) in [7, 11) is -4.24. The van der Waals surface area contributed by atoms with Crippen molar-refractivity contribution < 1.29 is 31.2 Å². The molecular weight excluding hydrogens is 519 g/mol. The second-order valence-electron chi connectivity index (χ2n) is 8.72. The van der Waals surface area contributed by atoms with Crippen molar-refractivity contribution >= 4 is 39.1 Å². The van der Waals surface area contributed by atoms with Gasteiger partial charge in [0.05, 0.1) is 22.5 Å². The van der Waals surface area contributed by atoms with Gasteiger partial charge < -0.3 is 10.2 Å². The maximum Gasteiger partial charge on any atom is 0.416 e. The van der Waals surface area contributed by atoms with Crippen LogP contribution in [0.15, 0.2) is 42.5 Å². The van der Waals surface area contributed by atoms with Crippen molar-refractivity contribution in [2.24, 2.45) is 0 Å². The summed E-state index contributed by atoms with van der Waals surface area (Å²) in [4.78, 5) is 27.4. The third kappa shape index (κ3) is 7.60. The molecule has 0 radical (unpaired) electrons. The van der Waals surface area contributed by atoms with Gasteiger partial charge in [-0.1, -0.05) is 35.9 Å². The monoisotopic (exact) mass is 547 g/mol. The second kappa shape index (κ2) is 11.5. The van der Waals surface area contributed by atoms with E-state index in [1.807, 2.05) is 13.0 Å². The molecule has 0 saturated carbocycles. The molecule has 0 aliphatic heterocycles. The number of nitrogens with zero attached hydrogens (tertiary/aromatic N) is 2. The summed E-state index contributed by atoms with van der Waals surface area (Å²) in [6.07, 6.45) is -4.00. The number of benzene rings is 2. The van der Waals surface area contributed by atoms with Gasteiger partial charge in [0.25, 0.3) is 0 Å². The fourth-order valence-electron chi connectivity index (χ4n) is 3.43. The maximum atomic E-state index is 13.5. The topological polar surface area (TPSA) is 86.8 Å². The van der Waals surface area contributed by atoms with E-state index in [2.05, 4.69) is 5.32 Å². The Bertz CT molecular complexity index is 1220. The highest BCUT2D eigenvalue weighted by atomic mass is 35.5. The van der Waals surface area contributed by atoms with Gasteiger partial charge in [0, 0.05) is 12.6 Å². The molecule has 0 bridgehead atoms. The van der Waals surface area contributed by atoms with Crippen molar-refractivity contribution in [3.8, 4) is 0 Å². The number of rotatable bonds is 9. The van der Waals surface area contributed by atoms with E-state index in [9.17, 15) is 31.2 Å². The van der Waals surface area contributed by atoms with E-state index < -0.39 is 51.9 Å². The van der Waals surface area contributed by atoms with Crippen molar-refractivity contribution in [2.45, 2.75) is 52.5 Å². The molecule has 0 aliphatic rings. The Morgan fingerprint density at radius 1 is 1.08 bits per heavy atom. The highest BCUT2D eigenvalue weighted by molar-refractivity contribution is 7.92. The van der Waals surface area contributed by atoms with E-state index in [0.29, 0.717) is 10.4 Å². The van der Waals surface area contributed by atoms with E-state index in [1.165, 1.54) is 11.8 Å². The van der Waals surface area contributed by atoms with E-state index in [4.69, 9.17) is 11.6 Å². The van der Waals surface area contributed by atoms with Gasteiger partial charge in [-0.15, -0.1) is 0 Å². The molecule has 12 heteroatoms. The SMILES string of the molecule is Cc1ccccc1CN(C(=O)CN(c1cc(C(F)(F)F)ccc1Cl)S(C)(=O)=O)C(C)C(=O)NC(C)C. The molecule has 0 fully saturated rings. The number of alkyl halides is 3. The Labute approximate surface area is 214 Å². The molecule has 198 valence electrons. The minimum Gasteiger partial charge on any atom is -0.352 e. The number of anilines is 1. The zero-order valence-corrected chi connectivity index (χ0v) is 22.1. The van der Waals surface area contributed by atoms with Gasteiger partial charge in [-0.3, -0.25) is 13.9 Å². The lowest BCUT2D eigenvalue weighted by Crippen LogP contribution is -2.52. The second-order valence-corrected chi connectivity index (χ2v) is 11.0. The molecule has 1 atom stereocenters. The molecule has 0 heterocycles. The van der Waals surface area contributed by atoms with Crippen LogP contribution in [0.1, 0.15) is 37.5 Å². The third-order valence-electron chi connectivity index (χ3n) is 5.42. The average Bonchev–Trinajstić information content (AvgIpc) is 2.74. The summed E-state index contributed by atoms with van der Waals surface area (Å²) >= 11 is 6.07. The standard InChI is InChI=1S/C24H29ClF3N3O4S/c1-15(2)29-23(33)17(4)30(13-18-9-7-6-8-16(18)3)22(32)14-31(36(5,34)35)21-12-19(24(26,27)28)10-11-20(21)25/h6-12,15,17H,13-14H2,1-5H3,(H,29,33). The van der Waals surface area contributed by atoms with Crippen molar-refractivity contribution in [2.75, 3.05) is 17.1 Å². The van der Waals surface area contributed by atoms with Crippen LogP contribution in [0.4, 0.5) is 18.9 Å². The highest BCUT2D eigenvalue weighted by Crippen LogP contribution is 2.36. The van der Waals surface area contributed by atoms with Gasteiger partial charge in [-0.05, 0) is 57.0 Å². The smallest absolute Gasteiger partial charge is 0.352 e. The molecule has 0 aliphatic carbocycles. The molecule has 2 aromatic carbocycles. The van der Waals surface area contributed by atoms with Crippen molar-refractivity contribution in [3.63, 3.8) is 0 Å². The fourth-order valence-corrected chi connectivity index (χ4v) is 4.56. The largest absolute Gasteiger partial charge is 0.416 e. The summed E-state index contributed by atoms with van der Waals surface area (Å²) < 4.78 is 65.6. The Kier molecular flexibility index (Phi) is 9.41. The van der Waals surface area contributed by atoms with E-state index in [-0.39, 0.29) is 17.6 Å². The van der Waals surface area contributed by atoms with Gasteiger partial charge >= 0.3 is 6.18 Å². The number of hydrogen-bond donors (Lipinski definition) is 1. The number of hydrogen-bond acceptors (Lipinski definition) is 4. The number of carbonyl (C=O) groups excluding carboxylic acids is 2. The van der Waals surface area contributed by atoms with Crippen LogP contribution in [0.5, 0.6) is 0 Å². The zero-order valence-electron chi connectivity index (χ0n) is 20.6. The Balaban J connectivity index is 2.52. The molecule has 1 unspecified atom stereocenters. The number of carbonyl (C=O) groups is 2. The number of aryl methyl sites for hydroxylation is 1. The Hall–Kier alpha value is -2.79. The van der Waals surface area contributed by atoms with Gasteiger partial charge in [0.2, 0.25) is 21.8 Å². The summed E-state index contributed by atoms with van der Waals surface area (Å²) in [5, 5.41) is 2.44. The molecule has 2 aromatic rings. The Morgan fingerprint density at radius 3 is 2.22 bits per heavy atom. The van der Waals surface area contributed by atoms with Gasteiger partial charge in [-0.25, -0.2) is 8.42 Å². The zero-order chi connectivity index (χ0) is 27.4. The number of sulfonamides is 1. The van der Waals surface area contributed by atoms with Crippen LogP contribution >= 0.6 is 11.6 Å². The van der Waals surface area contributed by atoms with Crippen molar-refractivity contribution in [1.82, 2.24) is 10.2 Å². The van der Waals surface area contributed by atoms with Crippen LogP contribution in [-0.4, -0.2) is 50.0 Å². The molecule has 2 amide bonds. The normalized spacial score (nSPS) is 12.8. The van der Waals surface area contributed by atoms with E-state index >= 15 is 0 Å². The number of amides is 2. The van der Waals surface area contributed by atoms with Crippen LogP contribution in [0.25, 0.3) is 0 Å². The first-order valence-electron chi connectivity index (χ1n) is 11.0. The third-order valence-corrected chi connectivity index (χ3v) is 6.87. The lowest BCUT2D eigenvalue weighted by Gasteiger charge is -2.32. The molecule has 36 heavy (non-hydrogen) atoms. The maximum absolute atomic E-state index is 13.5. The molecule has 0 aromatic heterocycles. The lowest BCUT2D eigenvalue weighted by atomic mass is 10.1. The average molecular weight is 548 g/mol. The number of halogens is 4. The first kappa shape index (κ1) is 29.4. The number of nitrogens with one attached hydrogen (secondary N) is 1. The van der Waals surface area contributed by atoms with Gasteiger partial charge in [-0.2, -0.15) is 13.2 Å². The predicted octanol–water partition coefficient (Wildman–Crippen LogP) is 4.38. The molecule has 1 N–H and O–H groups in total. The summed E-state index contributed by atoms with van der Waals surface area (Å²) in [5.74, 6) is -1.25. The van der Waals surface area contributed by atoms with Crippen LogP contribution in [-0.2, 0) is 32.3 Å². The minimum atomic E-state index is -4.76. The van der Waals surface area contributed by atoms with Gasteiger partial charge in [0.15, 0.2) is 0 Å². The summed E-state index contributed by atoms with van der Waals surface area (Å²) in [5.41, 5.74) is -0.0485.